The van der Waals surface area contributed by atoms with E-state index in [1.807, 2.05) is 0 Å². The van der Waals surface area contributed by atoms with Gasteiger partial charge >= 0.3 is 0 Å². The lowest BCUT2D eigenvalue weighted by Crippen LogP contribution is -1.91. The number of methoxy groups -OCH3 is 1. The lowest BCUT2D eigenvalue weighted by atomic mass is 10.2. The van der Waals surface area contributed by atoms with Gasteiger partial charge in [-0.05, 0) is 6.07 Å². The summed E-state index contributed by atoms with van der Waals surface area (Å²) in [6.45, 7) is 3.54. The van der Waals surface area contributed by atoms with Gasteiger partial charge in [-0.1, -0.05) is 12.7 Å². The summed E-state index contributed by atoms with van der Waals surface area (Å²) in [6, 6.07) is 4.37. The second-order valence-corrected chi connectivity index (χ2v) is 2.39. The summed E-state index contributed by atoms with van der Waals surface area (Å²) in [7, 11) is 1.51. The molecule has 1 aromatic rings. The van der Waals surface area contributed by atoms with Crippen LogP contribution in [0.3, 0.4) is 0 Å². The SMILES string of the molecule is C=Cc1cc([N+](=O)[O-])ccc1OC. The number of non-ortho nitro benzene ring substituents is 1. The lowest BCUT2D eigenvalue weighted by Gasteiger charge is -2.02. The Morgan fingerprint density at radius 1 is 1.62 bits per heavy atom. The number of ether oxygens (including phenoxy) is 1. The average Bonchev–Trinajstić information content (AvgIpc) is 2.16. The molecule has 0 fully saturated rings. The van der Waals surface area contributed by atoms with E-state index in [1.54, 1.807) is 6.07 Å². The van der Waals surface area contributed by atoms with Crippen LogP contribution in [-0.4, -0.2) is 12.0 Å². The Kier molecular flexibility index (Phi) is 2.64. The fourth-order valence-electron chi connectivity index (χ4n) is 0.995. The van der Waals surface area contributed by atoms with Gasteiger partial charge in [0.25, 0.3) is 5.69 Å². The highest BCUT2D eigenvalue weighted by atomic mass is 16.6. The number of nitro benzene ring substituents is 1. The third-order valence-electron chi connectivity index (χ3n) is 1.64. The van der Waals surface area contributed by atoms with Gasteiger partial charge in [-0.2, -0.15) is 0 Å². The molecule has 13 heavy (non-hydrogen) atoms. The van der Waals surface area contributed by atoms with E-state index in [0.717, 1.165) is 0 Å². The maximum absolute atomic E-state index is 10.4. The van der Waals surface area contributed by atoms with Crippen molar-refractivity contribution >= 4 is 11.8 Å². The zero-order chi connectivity index (χ0) is 9.84. The fourth-order valence-corrected chi connectivity index (χ4v) is 0.995. The van der Waals surface area contributed by atoms with Crippen LogP contribution in [0.15, 0.2) is 24.8 Å². The Morgan fingerprint density at radius 2 is 2.31 bits per heavy atom. The van der Waals surface area contributed by atoms with Gasteiger partial charge in [0.05, 0.1) is 12.0 Å². The van der Waals surface area contributed by atoms with Gasteiger partial charge in [0, 0.05) is 17.7 Å². The molecule has 4 nitrogen and oxygen atoms in total. The molecule has 1 rings (SSSR count). The topological polar surface area (TPSA) is 52.4 Å². The van der Waals surface area contributed by atoms with Crippen LogP contribution in [0.2, 0.25) is 0 Å². The van der Waals surface area contributed by atoms with Gasteiger partial charge in [0.1, 0.15) is 5.75 Å². The number of nitro groups is 1. The minimum Gasteiger partial charge on any atom is -0.496 e. The molecule has 0 aliphatic heterocycles. The summed E-state index contributed by atoms with van der Waals surface area (Å²) < 4.78 is 4.98. The molecule has 0 bridgehead atoms. The van der Waals surface area contributed by atoms with Crippen LogP contribution in [0.25, 0.3) is 6.08 Å². The Morgan fingerprint density at radius 3 is 2.77 bits per heavy atom. The van der Waals surface area contributed by atoms with E-state index in [2.05, 4.69) is 6.58 Å². The van der Waals surface area contributed by atoms with Crippen LogP contribution < -0.4 is 4.74 Å². The quantitative estimate of drug-likeness (QED) is 0.528. The monoisotopic (exact) mass is 179 g/mol. The van der Waals surface area contributed by atoms with E-state index >= 15 is 0 Å². The normalized spacial score (nSPS) is 9.31. The van der Waals surface area contributed by atoms with Gasteiger partial charge in [-0.15, -0.1) is 0 Å². The number of benzene rings is 1. The first-order valence-electron chi connectivity index (χ1n) is 3.64. The molecule has 4 heteroatoms. The lowest BCUT2D eigenvalue weighted by molar-refractivity contribution is -0.384. The summed E-state index contributed by atoms with van der Waals surface area (Å²) in [6.07, 6.45) is 1.52. The maximum atomic E-state index is 10.4. The van der Waals surface area contributed by atoms with E-state index in [4.69, 9.17) is 4.74 Å². The molecule has 68 valence electrons. The Hall–Kier alpha value is -1.84. The smallest absolute Gasteiger partial charge is 0.270 e. The highest BCUT2D eigenvalue weighted by Gasteiger charge is 2.08. The van der Waals surface area contributed by atoms with Crippen LogP contribution in [0.4, 0.5) is 5.69 Å². The Balaban J connectivity index is 3.20. The van der Waals surface area contributed by atoms with E-state index in [-0.39, 0.29) is 5.69 Å². The molecule has 0 aliphatic rings. The second-order valence-electron chi connectivity index (χ2n) is 2.39. The first-order valence-corrected chi connectivity index (χ1v) is 3.64. The van der Waals surface area contributed by atoms with E-state index in [0.29, 0.717) is 11.3 Å². The molecule has 0 atom stereocenters. The maximum Gasteiger partial charge on any atom is 0.270 e. The van der Waals surface area contributed by atoms with Crippen molar-refractivity contribution in [2.24, 2.45) is 0 Å². The Bertz CT molecular complexity index is 347. The molecule has 0 aromatic heterocycles. The van der Waals surface area contributed by atoms with Gasteiger partial charge in [0.15, 0.2) is 0 Å². The van der Waals surface area contributed by atoms with E-state index in [1.165, 1.54) is 25.3 Å². The predicted octanol–water partition coefficient (Wildman–Crippen LogP) is 2.25. The molecule has 0 N–H and O–H groups in total. The van der Waals surface area contributed by atoms with Gasteiger partial charge in [-0.25, -0.2) is 0 Å². The zero-order valence-corrected chi connectivity index (χ0v) is 7.19. The minimum atomic E-state index is -0.452. The molecular formula is C9H9NO3. The highest BCUT2D eigenvalue weighted by molar-refractivity contribution is 5.59. The largest absolute Gasteiger partial charge is 0.496 e. The summed E-state index contributed by atoms with van der Waals surface area (Å²) in [4.78, 5) is 9.95. The van der Waals surface area contributed by atoms with Crippen LogP contribution in [0, 0.1) is 10.1 Å². The molecule has 0 saturated heterocycles. The van der Waals surface area contributed by atoms with Crippen molar-refractivity contribution in [1.82, 2.24) is 0 Å². The minimum absolute atomic E-state index is 0.0377. The van der Waals surface area contributed by atoms with Crippen molar-refractivity contribution < 1.29 is 9.66 Å². The van der Waals surface area contributed by atoms with Crippen molar-refractivity contribution in [3.8, 4) is 5.75 Å². The van der Waals surface area contributed by atoms with Gasteiger partial charge < -0.3 is 4.74 Å². The molecule has 0 amide bonds. The summed E-state index contributed by atoms with van der Waals surface area (Å²) in [5.41, 5.74) is 0.660. The standard InChI is InChI=1S/C9H9NO3/c1-3-7-6-8(10(11)12)4-5-9(7)13-2/h3-6H,1H2,2H3. The molecule has 0 saturated carbocycles. The number of rotatable bonds is 3. The predicted molar refractivity (Wildman–Crippen MR) is 49.7 cm³/mol. The zero-order valence-electron chi connectivity index (χ0n) is 7.19. The number of nitrogens with zero attached hydrogens (tertiary/aromatic N) is 1. The summed E-state index contributed by atoms with van der Waals surface area (Å²) >= 11 is 0. The van der Waals surface area contributed by atoms with Crippen LogP contribution >= 0.6 is 0 Å². The van der Waals surface area contributed by atoms with Gasteiger partial charge in [0.2, 0.25) is 0 Å². The molecule has 1 aromatic carbocycles. The number of hydrogen-bond donors (Lipinski definition) is 0. The van der Waals surface area contributed by atoms with E-state index in [9.17, 15) is 10.1 Å². The molecule has 0 spiro atoms. The van der Waals surface area contributed by atoms with Crippen molar-refractivity contribution in [2.45, 2.75) is 0 Å². The second kappa shape index (κ2) is 3.71. The first kappa shape index (κ1) is 9.25. The first-order chi connectivity index (χ1) is 6.19. The fraction of sp³-hybridized carbons (Fsp3) is 0.111. The molecular weight excluding hydrogens is 170 g/mol. The number of hydrogen-bond acceptors (Lipinski definition) is 3. The van der Waals surface area contributed by atoms with E-state index < -0.39 is 4.92 Å². The average molecular weight is 179 g/mol. The Labute approximate surface area is 75.6 Å². The molecule has 0 radical (unpaired) electrons. The highest BCUT2D eigenvalue weighted by Crippen LogP contribution is 2.24. The third-order valence-corrected chi connectivity index (χ3v) is 1.64. The molecule has 0 unspecified atom stereocenters. The molecule has 0 aliphatic carbocycles. The molecule has 0 heterocycles. The van der Waals surface area contributed by atoms with Gasteiger partial charge in [-0.3, -0.25) is 10.1 Å². The van der Waals surface area contributed by atoms with Crippen molar-refractivity contribution in [3.63, 3.8) is 0 Å². The third kappa shape index (κ3) is 1.84. The van der Waals surface area contributed by atoms with Crippen molar-refractivity contribution in [1.29, 1.82) is 0 Å². The van der Waals surface area contributed by atoms with Crippen molar-refractivity contribution in [3.05, 3.63) is 40.5 Å². The summed E-state index contributed by atoms with van der Waals surface area (Å²) in [5.74, 6) is 0.584. The van der Waals surface area contributed by atoms with Crippen LogP contribution in [0.1, 0.15) is 5.56 Å². The van der Waals surface area contributed by atoms with Crippen LogP contribution in [0.5, 0.6) is 5.75 Å². The van der Waals surface area contributed by atoms with Crippen LogP contribution in [-0.2, 0) is 0 Å². The summed E-state index contributed by atoms with van der Waals surface area (Å²) in [5, 5.41) is 10.4. The van der Waals surface area contributed by atoms with Crippen molar-refractivity contribution in [2.75, 3.05) is 7.11 Å².